The molecule has 0 radical (unpaired) electrons. The van der Waals surface area contributed by atoms with Gasteiger partial charge in [-0.3, -0.25) is 4.68 Å². The van der Waals surface area contributed by atoms with Gasteiger partial charge >= 0.3 is 0 Å². The minimum atomic E-state index is -0.430. The monoisotopic (exact) mass is 450 g/mol. The Morgan fingerprint density at radius 3 is 2.50 bits per heavy atom. The van der Waals surface area contributed by atoms with Gasteiger partial charge in [0, 0.05) is 29.1 Å². The van der Waals surface area contributed by atoms with Crippen LogP contribution in [0.1, 0.15) is 18.5 Å². The van der Waals surface area contributed by atoms with Crippen LogP contribution in [0.5, 0.6) is 0 Å². The summed E-state index contributed by atoms with van der Waals surface area (Å²) in [6.07, 6.45) is 3.37. The van der Waals surface area contributed by atoms with Gasteiger partial charge in [0.1, 0.15) is 11.6 Å². The first-order valence-electron chi connectivity index (χ1n) is 9.82. The Bertz CT molecular complexity index is 1440. The largest absolute Gasteiger partial charge is 0.366 e. The van der Waals surface area contributed by atoms with Crippen molar-refractivity contribution in [1.82, 2.24) is 24.4 Å². The van der Waals surface area contributed by atoms with Crippen LogP contribution in [-0.4, -0.2) is 24.4 Å². The van der Waals surface area contributed by atoms with Crippen LogP contribution >= 0.6 is 11.6 Å². The molecule has 2 N–H and O–H groups in total. The smallest absolute Gasteiger partial charge is 0.240 e. The molecule has 0 spiro atoms. The zero-order valence-corrected chi connectivity index (χ0v) is 17.6. The first kappa shape index (κ1) is 20.1. The van der Waals surface area contributed by atoms with E-state index in [1.165, 1.54) is 16.6 Å². The molecular weight excluding hydrogens is 434 g/mol. The van der Waals surface area contributed by atoms with Crippen LogP contribution in [0.3, 0.4) is 0 Å². The van der Waals surface area contributed by atoms with Crippen molar-refractivity contribution in [3.8, 4) is 22.3 Å². The number of halogens is 3. The maximum atomic E-state index is 15.6. The van der Waals surface area contributed by atoms with E-state index >= 15 is 4.39 Å². The van der Waals surface area contributed by atoms with Gasteiger partial charge in [0.15, 0.2) is 10.8 Å². The third-order valence-electron chi connectivity index (χ3n) is 5.39. The van der Waals surface area contributed by atoms with Gasteiger partial charge in [-0.15, -0.1) is 5.10 Å². The molecule has 0 amide bonds. The molecule has 5 rings (SSSR count). The van der Waals surface area contributed by atoms with Crippen molar-refractivity contribution in [2.45, 2.75) is 13.0 Å². The molecule has 0 fully saturated rings. The lowest BCUT2D eigenvalue weighted by molar-refractivity contribution is 0.561. The first-order valence-corrected chi connectivity index (χ1v) is 10.2. The number of hydrogen-bond donors (Lipinski definition) is 1. The standard InChI is InChI=1S/C23H17ClF2N6/c1-13(14-5-7-16(25)8-6-14)32-12-19(22(24)29-32)18-4-2-3-17(21(18)26)15-9-10-31-20(11-15)28-23(27)30-31/h2-13H,1H3,(H2,27,30). The fraction of sp³-hybridized carbons (Fsp3) is 0.0870. The maximum Gasteiger partial charge on any atom is 0.240 e. The fourth-order valence-electron chi connectivity index (χ4n) is 3.67. The molecule has 3 heterocycles. The summed E-state index contributed by atoms with van der Waals surface area (Å²) in [5.41, 5.74) is 8.83. The number of fused-ring (bicyclic) bond motifs is 1. The third-order valence-corrected chi connectivity index (χ3v) is 5.67. The second kappa shape index (κ2) is 7.72. The van der Waals surface area contributed by atoms with Gasteiger partial charge in [-0.1, -0.05) is 41.9 Å². The maximum absolute atomic E-state index is 15.6. The summed E-state index contributed by atoms with van der Waals surface area (Å²) in [7, 11) is 0. The number of nitrogens with zero attached hydrogens (tertiary/aromatic N) is 5. The highest BCUT2D eigenvalue weighted by molar-refractivity contribution is 6.32. The number of anilines is 1. The Hall–Kier alpha value is -3.78. The summed E-state index contributed by atoms with van der Waals surface area (Å²) in [5.74, 6) is -0.600. The minimum Gasteiger partial charge on any atom is -0.366 e. The summed E-state index contributed by atoms with van der Waals surface area (Å²) in [6.45, 7) is 1.91. The number of hydrogen-bond acceptors (Lipinski definition) is 4. The first-order chi connectivity index (χ1) is 15.4. The predicted molar refractivity (Wildman–Crippen MR) is 119 cm³/mol. The van der Waals surface area contributed by atoms with Gasteiger partial charge in [0.2, 0.25) is 5.95 Å². The normalized spacial score (nSPS) is 12.4. The van der Waals surface area contributed by atoms with Crippen LogP contribution in [0, 0.1) is 11.6 Å². The molecule has 160 valence electrons. The number of pyridine rings is 1. The van der Waals surface area contributed by atoms with Crippen molar-refractivity contribution in [2.75, 3.05) is 5.73 Å². The molecule has 0 bridgehead atoms. The zero-order valence-electron chi connectivity index (χ0n) is 16.9. The fourth-order valence-corrected chi connectivity index (χ4v) is 3.91. The van der Waals surface area contributed by atoms with Crippen molar-refractivity contribution in [1.29, 1.82) is 0 Å². The van der Waals surface area contributed by atoms with E-state index in [1.807, 2.05) is 6.92 Å². The second-order valence-electron chi connectivity index (χ2n) is 7.40. The summed E-state index contributed by atoms with van der Waals surface area (Å²) in [4.78, 5) is 4.13. The molecule has 6 nitrogen and oxygen atoms in total. The lowest BCUT2D eigenvalue weighted by Gasteiger charge is -2.12. The van der Waals surface area contributed by atoms with E-state index in [4.69, 9.17) is 17.3 Å². The van der Waals surface area contributed by atoms with Gasteiger partial charge in [-0.2, -0.15) is 10.1 Å². The molecule has 0 aliphatic carbocycles. The van der Waals surface area contributed by atoms with Gasteiger partial charge in [-0.05, 0) is 42.3 Å². The van der Waals surface area contributed by atoms with E-state index in [0.717, 1.165) is 5.56 Å². The van der Waals surface area contributed by atoms with Crippen molar-refractivity contribution < 1.29 is 8.78 Å². The number of nitrogens with two attached hydrogens (primary N) is 1. The van der Waals surface area contributed by atoms with E-state index in [1.54, 1.807) is 59.5 Å². The Morgan fingerprint density at radius 1 is 0.969 bits per heavy atom. The van der Waals surface area contributed by atoms with Crippen molar-refractivity contribution >= 4 is 23.2 Å². The van der Waals surface area contributed by atoms with Crippen LogP contribution in [-0.2, 0) is 0 Å². The van der Waals surface area contributed by atoms with E-state index in [0.29, 0.717) is 27.9 Å². The van der Waals surface area contributed by atoms with Gasteiger partial charge < -0.3 is 5.73 Å². The Kier molecular flexibility index (Phi) is 4.86. The number of benzene rings is 2. The van der Waals surface area contributed by atoms with E-state index in [-0.39, 0.29) is 23.0 Å². The van der Waals surface area contributed by atoms with Crippen LogP contribution in [0.25, 0.3) is 27.9 Å². The van der Waals surface area contributed by atoms with Gasteiger partial charge in [0.05, 0.1) is 6.04 Å². The lowest BCUT2D eigenvalue weighted by Crippen LogP contribution is -2.07. The van der Waals surface area contributed by atoms with Crippen molar-refractivity contribution in [3.63, 3.8) is 0 Å². The average molecular weight is 451 g/mol. The topological polar surface area (TPSA) is 74.0 Å². The quantitative estimate of drug-likeness (QED) is 0.398. The highest BCUT2D eigenvalue weighted by Crippen LogP contribution is 2.35. The molecule has 0 aliphatic heterocycles. The van der Waals surface area contributed by atoms with Crippen LogP contribution in [0.15, 0.2) is 67.0 Å². The zero-order chi connectivity index (χ0) is 22.4. The molecule has 9 heteroatoms. The predicted octanol–water partition coefficient (Wildman–Crippen LogP) is 5.38. The highest BCUT2D eigenvalue weighted by Gasteiger charge is 2.19. The van der Waals surface area contributed by atoms with Crippen molar-refractivity contribution in [2.24, 2.45) is 0 Å². The molecular formula is C23H17ClF2N6. The average Bonchev–Trinajstić information content (AvgIpc) is 3.35. The Labute approximate surface area is 186 Å². The summed E-state index contributed by atoms with van der Waals surface area (Å²) in [5, 5.41) is 8.57. The van der Waals surface area contributed by atoms with Crippen LogP contribution < -0.4 is 5.73 Å². The molecule has 1 unspecified atom stereocenters. The highest BCUT2D eigenvalue weighted by atomic mass is 35.5. The summed E-state index contributed by atoms with van der Waals surface area (Å²) < 4.78 is 32.0. The molecule has 2 aromatic carbocycles. The number of nitrogen functional groups attached to an aromatic ring is 1. The Balaban J connectivity index is 1.55. The van der Waals surface area contributed by atoms with E-state index in [2.05, 4.69) is 15.2 Å². The van der Waals surface area contributed by atoms with E-state index < -0.39 is 5.82 Å². The summed E-state index contributed by atoms with van der Waals surface area (Å²) in [6, 6.07) is 14.5. The lowest BCUT2D eigenvalue weighted by atomic mass is 10.00. The van der Waals surface area contributed by atoms with Crippen LogP contribution in [0.2, 0.25) is 5.15 Å². The number of rotatable bonds is 4. The molecule has 0 saturated heterocycles. The van der Waals surface area contributed by atoms with E-state index in [9.17, 15) is 4.39 Å². The van der Waals surface area contributed by atoms with Crippen LogP contribution in [0.4, 0.5) is 14.7 Å². The van der Waals surface area contributed by atoms with Gasteiger partial charge in [0.25, 0.3) is 0 Å². The summed E-state index contributed by atoms with van der Waals surface area (Å²) >= 11 is 6.39. The van der Waals surface area contributed by atoms with Crippen molar-refractivity contribution in [3.05, 3.63) is 89.3 Å². The van der Waals surface area contributed by atoms with Gasteiger partial charge in [-0.25, -0.2) is 13.3 Å². The molecule has 0 aliphatic rings. The SMILES string of the molecule is CC(c1ccc(F)cc1)n1cc(-c2cccc(-c3ccn4nc(N)nc4c3)c2F)c(Cl)n1. The molecule has 3 aromatic heterocycles. The third kappa shape index (κ3) is 3.48. The molecule has 1 atom stereocenters. The molecule has 5 aromatic rings. The minimum absolute atomic E-state index is 0.144. The second-order valence-corrected chi connectivity index (χ2v) is 7.75. The molecule has 0 saturated carbocycles. The molecule has 32 heavy (non-hydrogen) atoms. The Morgan fingerprint density at radius 2 is 1.72 bits per heavy atom. The number of aromatic nitrogens is 5.